The van der Waals surface area contributed by atoms with Crippen LogP contribution in [0.1, 0.15) is 18.0 Å². The maximum Gasteiger partial charge on any atom is 0.471 e. The van der Waals surface area contributed by atoms with Crippen molar-refractivity contribution in [2.75, 3.05) is 6.54 Å². The number of carbonyl (C=O) groups excluding carboxylic acids is 2. The number of alkyl halides is 3. The maximum absolute atomic E-state index is 12.3. The molecule has 2 amide bonds. The molecule has 0 aromatic heterocycles. The van der Waals surface area contributed by atoms with E-state index in [4.69, 9.17) is 0 Å². The van der Waals surface area contributed by atoms with Crippen LogP contribution < -0.4 is 10.6 Å². The lowest BCUT2D eigenvalue weighted by Crippen LogP contribution is -2.41. The number of halogens is 3. The Balaban J connectivity index is 2.83. The van der Waals surface area contributed by atoms with E-state index in [1.807, 2.05) is 5.32 Å². The zero-order chi connectivity index (χ0) is 15.9. The van der Waals surface area contributed by atoms with Gasteiger partial charge in [-0.15, -0.1) is 6.58 Å². The maximum atomic E-state index is 12.3. The monoisotopic (exact) mass is 300 g/mol. The number of nitrogens with one attached hydrogen (secondary N) is 2. The molecule has 0 aliphatic rings. The minimum atomic E-state index is -5.00. The highest BCUT2D eigenvalue weighted by molar-refractivity contribution is 5.83. The molecule has 7 heteroatoms. The van der Waals surface area contributed by atoms with E-state index in [-0.39, 0.29) is 13.0 Å². The lowest BCUT2D eigenvalue weighted by atomic mass is 10.0. The van der Waals surface area contributed by atoms with E-state index in [9.17, 15) is 22.8 Å². The molecule has 0 aliphatic carbocycles. The van der Waals surface area contributed by atoms with E-state index in [0.29, 0.717) is 5.56 Å². The second-order valence-corrected chi connectivity index (χ2v) is 4.23. The van der Waals surface area contributed by atoms with Gasteiger partial charge in [-0.05, 0) is 5.56 Å². The molecular weight excluding hydrogens is 285 g/mol. The Kier molecular flexibility index (Phi) is 5.95. The van der Waals surface area contributed by atoms with Gasteiger partial charge in [0.05, 0.1) is 12.5 Å². The molecule has 0 heterocycles. The van der Waals surface area contributed by atoms with Gasteiger partial charge in [-0.1, -0.05) is 36.4 Å². The van der Waals surface area contributed by atoms with Crippen LogP contribution in [0.15, 0.2) is 43.0 Å². The molecule has 0 radical (unpaired) electrons. The predicted octanol–water partition coefficient (Wildman–Crippen LogP) is 2.10. The van der Waals surface area contributed by atoms with Gasteiger partial charge < -0.3 is 10.6 Å². The SMILES string of the molecule is C=CCNC(=O)C[C@H](NC(=O)C(F)(F)F)c1ccccc1. The second-order valence-electron chi connectivity index (χ2n) is 4.23. The third-order valence-corrected chi connectivity index (χ3v) is 2.60. The molecule has 0 bridgehead atoms. The fraction of sp³-hybridized carbons (Fsp3) is 0.286. The largest absolute Gasteiger partial charge is 0.471 e. The minimum absolute atomic E-state index is 0.202. The first-order valence-electron chi connectivity index (χ1n) is 6.15. The van der Waals surface area contributed by atoms with E-state index in [0.717, 1.165) is 0 Å². The molecule has 21 heavy (non-hydrogen) atoms. The topological polar surface area (TPSA) is 58.2 Å². The van der Waals surface area contributed by atoms with Crippen molar-refractivity contribution >= 4 is 11.8 Å². The summed E-state index contributed by atoms with van der Waals surface area (Å²) in [6.45, 7) is 3.62. The normalized spacial score (nSPS) is 12.3. The number of hydrogen-bond acceptors (Lipinski definition) is 2. The van der Waals surface area contributed by atoms with E-state index in [2.05, 4.69) is 11.9 Å². The van der Waals surface area contributed by atoms with Crippen LogP contribution in [-0.4, -0.2) is 24.5 Å². The van der Waals surface area contributed by atoms with E-state index in [1.165, 1.54) is 6.08 Å². The summed E-state index contributed by atoms with van der Waals surface area (Å²) in [5.41, 5.74) is 0.420. The molecule has 1 rings (SSSR count). The zero-order valence-corrected chi connectivity index (χ0v) is 11.1. The van der Waals surface area contributed by atoms with Gasteiger partial charge in [0.15, 0.2) is 0 Å². The number of carbonyl (C=O) groups is 2. The van der Waals surface area contributed by atoms with Crippen LogP contribution in [0, 0.1) is 0 Å². The Morgan fingerprint density at radius 1 is 1.24 bits per heavy atom. The van der Waals surface area contributed by atoms with Gasteiger partial charge in [0.25, 0.3) is 0 Å². The third-order valence-electron chi connectivity index (χ3n) is 2.60. The predicted molar refractivity (Wildman–Crippen MR) is 71.2 cm³/mol. The Morgan fingerprint density at radius 3 is 2.38 bits per heavy atom. The molecule has 0 saturated heterocycles. The highest BCUT2D eigenvalue weighted by Gasteiger charge is 2.40. The number of rotatable bonds is 6. The summed E-state index contributed by atoms with van der Waals surface area (Å²) in [5.74, 6) is -2.56. The fourth-order valence-corrected chi connectivity index (χ4v) is 1.62. The highest BCUT2D eigenvalue weighted by Crippen LogP contribution is 2.21. The quantitative estimate of drug-likeness (QED) is 0.790. The second kappa shape index (κ2) is 7.47. The van der Waals surface area contributed by atoms with Crippen molar-refractivity contribution in [3.63, 3.8) is 0 Å². The van der Waals surface area contributed by atoms with Gasteiger partial charge in [0.1, 0.15) is 0 Å². The first kappa shape index (κ1) is 16.7. The van der Waals surface area contributed by atoms with Crippen molar-refractivity contribution < 1.29 is 22.8 Å². The fourth-order valence-electron chi connectivity index (χ4n) is 1.62. The van der Waals surface area contributed by atoms with Crippen LogP contribution in [-0.2, 0) is 9.59 Å². The Bertz CT molecular complexity index is 501. The van der Waals surface area contributed by atoms with E-state index >= 15 is 0 Å². The van der Waals surface area contributed by atoms with E-state index < -0.39 is 24.0 Å². The molecule has 2 N–H and O–H groups in total. The molecule has 1 aromatic carbocycles. The summed E-state index contributed by atoms with van der Waals surface area (Å²) in [5, 5.41) is 4.28. The van der Waals surface area contributed by atoms with Crippen LogP contribution in [0.2, 0.25) is 0 Å². The molecule has 0 fully saturated rings. The summed E-state index contributed by atoms with van der Waals surface area (Å²) in [4.78, 5) is 22.7. The van der Waals surface area contributed by atoms with Crippen molar-refractivity contribution in [3.05, 3.63) is 48.6 Å². The average Bonchev–Trinajstić information content (AvgIpc) is 2.44. The third kappa shape index (κ3) is 5.68. The molecule has 0 spiro atoms. The summed E-state index contributed by atoms with van der Waals surface area (Å²) in [6, 6.07) is 6.95. The van der Waals surface area contributed by atoms with Crippen molar-refractivity contribution in [3.8, 4) is 0 Å². The van der Waals surface area contributed by atoms with Gasteiger partial charge in [-0.25, -0.2) is 0 Å². The smallest absolute Gasteiger partial charge is 0.353 e. The molecule has 0 saturated carbocycles. The Labute approximate surface area is 120 Å². The molecule has 0 unspecified atom stereocenters. The summed E-state index contributed by atoms with van der Waals surface area (Å²) < 4.78 is 37.0. The van der Waals surface area contributed by atoms with Gasteiger partial charge in [-0.3, -0.25) is 9.59 Å². The van der Waals surface area contributed by atoms with Crippen molar-refractivity contribution in [2.24, 2.45) is 0 Å². The van der Waals surface area contributed by atoms with Crippen LogP contribution in [0.4, 0.5) is 13.2 Å². The Hall–Kier alpha value is -2.31. The lowest BCUT2D eigenvalue weighted by molar-refractivity contribution is -0.174. The summed E-state index contributed by atoms with van der Waals surface area (Å²) in [6.07, 6.45) is -3.84. The molecular formula is C14H15F3N2O2. The molecule has 0 aliphatic heterocycles. The molecule has 4 nitrogen and oxygen atoms in total. The highest BCUT2D eigenvalue weighted by atomic mass is 19.4. The summed E-state index contributed by atoms with van der Waals surface area (Å²) in [7, 11) is 0. The average molecular weight is 300 g/mol. The van der Waals surface area contributed by atoms with Crippen LogP contribution >= 0.6 is 0 Å². The minimum Gasteiger partial charge on any atom is -0.353 e. The first-order chi connectivity index (χ1) is 9.84. The Morgan fingerprint density at radius 2 is 1.86 bits per heavy atom. The van der Waals surface area contributed by atoms with Crippen LogP contribution in [0.3, 0.4) is 0 Å². The first-order valence-corrected chi connectivity index (χ1v) is 6.15. The van der Waals surface area contributed by atoms with E-state index in [1.54, 1.807) is 30.3 Å². The lowest BCUT2D eigenvalue weighted by Gasteiger charge is -2.19. The van der Waals surface area contributed by atoms with Gasteiger partial charge in [0, 0.05) is 6.54 Å². The molecule has 1 aromatic rings. The van der Waals surface area contributed by atoms with Crippen molar-refractivity contribution in [2.45, 2.75) is 18.6 Å². The zero-order valence-electron chi connectivity index (χ0n) is 11.1. The number of amides is 2. The molecule has 1 atom stereocenters. The van der Waals surface area contributed by atoms with Gasteiger partial charge in [-0.2, -0.15) is 13.2 Å². The number of hydrogen-bond donors (Lipinski definition) is 2. The van der Waals surface area contributed by atoms with Gasteiger partial charge >= 0.3 is 12.1 Å². The standard InChI is InChI=1S/C14H15F3N2O2/c1-2-8-18-12(20)9-11(10-6-4-3-5-7-10)19-13(21)14(15,16)17/h2-7,11H,1,8-9H2,(H,18,20)(H,19,21)/t11-/m0/s1. The number of benzene rings is 1. The van der Waals surface area contributed by atoms with Crippen LogP contribution in [0.5, 0.6) is 0 Å². The summed E-state index contributed by atoms with van der Waals surface area (Å²) >= 11 is 0. The van der Waals surface area contributed by atoms with Crippen molar-refractivity contribution in [1.29, 1.82) is 0 Å². The van der Waals surface area contributed by atoms with Crippen LogP contribution in [0.25, 0.3) is 0 Å². The van der Waals surface area contributed by atoms with Crippen molar-refractivity contribution in [1.82, 2.24) is 10.6 Å². The van der Waals surface area contributed by atoms with Gasteiger partial charge in [0.2, 0.25) is 5.91 Å². The molecule has 114 valence electrons.